The SMILES string of the molecule is Nc1cccc(CCC(=O)Cc2ccccc2)c1. The lowest BCUT2D eigenvalue weighted by atomic mass is 10.0. The molecule has 0 atom stereocenters. The van der Waals surface area contributed by atoms with Crippen molar-refractivity contribution in [3.63, 3.8) is 0 Å². The van der Waals surface area contributed by atoms with Gasteiger partial charge in [0.25, 0.3) is 0 Å². The van der Waals surface area contributed by atoms with E-state index >= 15 is 0 Å². The Kier molecular flexibility index (Phi) is 4.13. The number of aryl methyl sites for hydroxylation is 1. The maximum atomic E-state index is 11.8. The van der Waals surface area contributed by atoms with Gasteiger partial charge in [-0.15, -0.1) is 0 Å². The lowest BCUT2D eigenvalue weighted by Crippen LogP contribution is -2.04. The van der Waals surface area contributed by atoms with Gasteiger partial charge in [0.05, 0.1) is 0 Å². The Hall–Kier alpha value is -2.09. The van der Waals surface area contributed by atoms with E-state index in [1.807, 2.05) is 54.6 Å². The van der Waals surface area contributed by atoms with Gasteiger partial charge in [-0.25, -0.2) is 0 Å². The number of benzene rings is 2. The minimum absolute atomic E-state index is 0.267. The smallest absolute Gasteiger partial charge is 0.137 e. The molecule has 0 unspecified atom stereocenters. The molecule has 2 N–H and O–H groups in total. The first-order valence-corrected chi connectivity index (χ1v) is 6.14. The number of rotatable bonds is 5. The number of carbonyl (C=O) groups is 1. The zero-order valence-corrected chi connectivity index (χ0v) is 10.3. The lowest BCUT2D eigenvalue weighted by molar-refractivity contribution is -0.118. The Morgan fingerprint density at radius 1 is 0.944 bits per heavy atom. The number of nitrogens with two attached hydrogens (primary N) is 1. The molecule has 0 bridgehead atoms. The largest absolute Gasteiger partial charge is 0.399 e. The highest BCUT2D eigenvalue weighted by Crippen LogP contribution is 2.10. The Morgan fingerprint density at radius 2 is 1.67 bits per heavy atom. The summed E-state index contributed by atoms with van der Waals surface area (Å²) in [5, 5.41) is 0. The fourth-order valence-electron chi connectivity index (χ4n) is 1.94. The van der Waals surface area contributed by atoms with Crippen LogP contribution in [0.15, 0.2) is 54.6 Å². The number of anilines is 1. The molecule has 0 amide bonds. The lowest BCUT2D eigenvalue weighted by Gasteiger charge is -2.03. The second kappa shape index (κ2) is 6.01. The minimum Gasteiger partial charge on any atom is -0.399 e. The van der Waals surface area contributed by atoms with Crippen LogP contribution in [-0.4, -0.2) is 5.78 Å². The van der Waals surface area contributed by atoms with Crippen LogP contribution in [0.2, 0.25) is 0 Å². The van der Waals surface area contributed by atoms with Gasteiger partial charge in [-0.2, -0.15) is 0 Å². The summed E-state index contributed by atoms with van der Waals surface area (Å²) in [6, 6.07) is 17.6. The molecule has 18 heavy (non-hydrogen) atoms. The van der Waals surface area contributed by atoms with Gasteiger partial charge in [0.15, 0.2) is 0 Å². The summed E-state index contributed by atoms with van der Waals surface area (Å²) >= 11 is 0. The van der Waals surface area contributed by atoms with E-state index in [0.717, 1.165) is 23.2 Å². The summed E-state index contributed by atoms with van der Waals surface area (Å²) in [7, 11) is 0. The van der Waals surface area contributed by atoms with Crippen LogP contribution >= 0.6 is 0 Å². The second-order valence-corrected chi connectivity index (χ2v) is 4.45. The van der Waals surface area contributed by atoms with Crippen LogP contribution in [0.4, 0.5) is 5.69 Å². The molecule has 0 fully saturated rings. The molecule has 0 saturated carbocycles. The van der Waals surface area contributed by atoms with Gasteiger partial charge in [-0.1, -0.05) is 42.5 Å². The first-order valence-electron chi connectivity index (χ1n) is 6.14. The summed E-state index contributed by atoms with van der Waals surface area (Å²) in [4.78, 5) is 11.8. The molecule has 92 valence electrons. The molecule has 2 rings (SSSR count). The number of ketones is 1. The maximum Gasteiger partial charge on any atom is 0.137 e. The molecule has 0 heterocycles. The van der Waals surface area contributed by atoms with Crippen molar-refractivity contribution in [3.05, 3.63) is 65.7 Å². The highest BCUT2D eigenvalue weighted by molar-refractivity contribution is 5.81. The van der Waals surface area contributed by atoms with Crippen molar-refractivity contribution in [3.8, 4) is 0 Å². The zero-order valence-electron chi connectivity index (χ0n) is 10.3. The summed E-state index contributed by atoms with van der Waals surface area (Å²) < 4.78 is 0. The van der Waals surface area contributed by atoms with Crippen LogP contribution in [-0.2, 0) is 17.6 Å². The second-order valence-electron chi connectivity index (χ2n) is 4.45. The van der Waals surface area contributed by atoms with Crippen molar-refractivity contribution in [2.75, 3.05) is 5.73 Å². The third kappa shape index (κ3) is 3.74. The van der Waals surface area contributed by atoms with Crippen LogP contribution in [0.25, 0.3) is 0 Å². The first kappa shape index (κ1) is 12.4. The molecular weight excluding hydrogens is 222 g/mol. The highest BCUT2D eigenvalue weighted by atomic mass is 16.1. The number of carbonyl (C=O) groups excluding carboxylic acids is 1. The van der Waals surface area contributed by atoms with E-state index in [1.54, 1.807) is 0 Å². The predicted octanol–water partition coefficient (Wildman–Crippen LogP) is 3.01. The van der Waals surface area contributed by atoms with Crippen molar-refractivity contribution in [1.29, 1.82) is 0 Å². The molecular formula is C16H17NO. The Bertz CT molecular complexity index is 520. The van der Waals surface area contributed by atoms with Crippen LogP contribution < -0.4 is 5.73 Å². The molecule has 2 aromatic rings. The van der Waals surface area contributed by atoms with Crippen molar-refractivity contribution in [2.45, 2.75) is 19.3 Å². The Balaban J connectivity index is 1.85. The third-order valence-electron chi connectivity index (χ3n) is 2.89. The van der Waals surface area contributed by atoms with Crippen LogP contribution in [0, 0.1) is 0 Å². The van der Waals surface area contributed by atoms with E-state index in [4.69, 9.17) is 5.73 Å². The van der Waals surface area contributed by atoms with Gasteiger partial charge in [-0.05, 0) is 29.7 Å². The average Bonchev–Trinajstić information content (AvgIpc) is 2.38. The van der Waals surface area contributed by atoms with Gasteiger partial charge in [0.1, 0.15) is 5.78 Å². The summed E-state index contributed by atoms with van der Waals surface area (Å²) in [5.74, 6) is 0.267. The Labute approximate surface area is 107 Å². The quantitative estimate of drug-likeness (QED) is 0.815. The van der Waals surface area contributed by atoms with Crippen molar-refractivity contribution >= 4 is 11.5 Å². The first-order chi connectivity index (χ1) is 8.74. The third-order valence-corrected chi connectivity index (χ3v) is 2.89. The van der Waals surface area contributed by atoms with Crippen molar-refractivity contribution in [2.24, 2.45) is 0 Å². The average molecular weight is 239 g/mol. The summed E-state index contributed by atoms with van der Waals surface area (Å²) in [5.41, 5.74) is 8.66. The van der Waals surface area contributed by atoms with Crippen molar-refractivity contribution < 1.29 is 4.79 Å². The van der Waals surface area contributed by atoms with Gasteiger partial charge in [-0.3, -0.25) is 4.79 Å². The van der Waals surface area contributed by atoms with Crippen LogP contribution in [0.1, 0.15) is 17.5 Å². The molecule has 0 aliphatic heterocycles. The summed E-state index contributed by atoms with van der Waals surface area (Å²) in [6.45, 7) is 0. The maximum absolute atomic E-state index is 11.8. The van der Waals surface area contributed by atoms with E-state index in [2.05, 4.69) is 0 Å². The fourth-order valence-corrected chi connectivity index (χ4v) is 1.94. The van der Waals surface area contributed by atoms with Gasteiger partial charge in [0.2, 0.25) is 0 Å². The van der Waals surface area contributed by atoms with E-state index in [9.17, 15) is 4.79 Å². The topological polar surface area (TPSA) is 43.1 Å². The zero-order chi connectivity index (χ0) is 12.8. The fraction of sp³-hybridized carbons (Fsp3) is 0.188. The van der Waals surface area contributed by atoms with Gasteiger partial charge < -0.3 is 5.73 Å². The van der Waals surface area contributed by atoms with Crippen LogP contribution in [0.5, 0.6) is 0 Å². The molecule has 2 heteroatoms. The number of nitrogen functional groups attached to an aromatic ring is 1. The Morgan fingerprint density at radius 3 is 2.39 bits per heavy atom. The van der Waals surface area contributed by atoms with E-state index in [-0.39, 0.29) is 5.78 Å². The number of hydrogen-bond acceptors (Lipinski definition) is 2. The van der Waals surface area contributed by atoms with Crippen molar-refractivity contribution in [1.82, 2.24) is 0 Å². The van der Waals surface area contributed by atoms with Crippen LogP contribution in [0.3, 0.4) is 0 Å². The van der Waals surface area contributed by atoms with E-state index < -0.39 is 0 Å². The molecule has 0 aliphatic carbocycles. The molecule has 0 radical (unpaired) electrons. The standard InChI is InChI=1S/C16H17NO/c17-15-8-4-7-14(11-15)9-10-16(18)12-13-5-2-1-3-6-13/h1-8,11H,9-10,12,17H2. The minimum atomic E-state index is 0.267. The monoisotopic (exact) mass is 239 g/mol. The highest BCUT2D eigenvalue weighted by Gasteiger charge is 2.04. The molecule has 2 aromatic carbocycles. The van der Waals surface area contributed by atoms with E-state index in [1.165, 1.54) is 0 Å². The molecule has 0 saturated heterocycles. The van der Waals surface area contributed by atoms with Gasteiger partial charge in [0, 0.05) is 18.5 Å². The molecule has 0 aliphatic rings. The normalized spacial score (nSPS) is 10.2. The summed E-state index contributed by atoms with van der Waals surface area (Å²) in [6.07, 6.45) is 1.85. The number of Topliss-reactive ketones (excluding diaryl/α,β-unsaturated/α-hetero) is 1. The number of hydrogen-bond donors (Lipinski definition) is 1. The molecule has 2 nitrogen and oxygen atoms in total. The van der Waals surface area contributed by atoms with Gasteiger partial charge >= 0.3 is 0 Å². The predicted molar refractivity (Wildman–Crippen MR) is 74.3 cm³/mol. The molecule has 0 aromatic heterocycles. The van der Waals surface area contributed by atoms with E-state index in [0.29, 0.717) is 12.8 Å². The molecule has 0 spiro atoms.